The summed E-state index contributed by atoms with van der Waals surface area (Å²) in [5.74, 6) is 1.99. The van der Waals surface area contributed by atoms with Crippen molar-refractivity contribution in [2.45, 2.75) is 63.3 Å². The number of anilines is 2. The molecule has 0 amide bonds. The van der Waals surface area contributed by atoms with Gasteiger partial charge in [0.25, 0.3) is 0 Å². The molecule has 2 aromatic heterocycles. The van der Waals surface area contributed by atoms with Gasteiger partial charge in [-0.2, -0.15) is 9.97 Å². The lowest BCUT2D eigenvalue weighted by atomic mass is 9.63. The Morgan fingerprint density at radius 1 is 0.443 bits per heavy atom. The van der Waals surface area contributed by atoms with E-state index in [0.717, 1.165) is 28.1 Å². The van der Waals surface area contributed by atoms with Crippen molar-refractivity contribution in [1.29, 1.82) is 0 Å². The van der Waals surface area contributed by atoms with E-state index in [-0.39, 0.29) is 22.8 Å². The third-order valence-electron chi connectivity index (χ3n) is 15.5. The van der Waals surface area contributed by atoms with Crippen molar-refractivity contribution in [2.75, 3.05) is 4.90 Å². The highest BCUT2D eigenvalue weighted by atomic mass is 15.3. The van der Waals surface area contributed by atoms with E-state index in [9.17, 15) is 0 Å². The molecule has 13 rings (SSSR count). The molecule has 5 nitrogen and oxygen atoms in total. The molecule has 5 heteroatoms. The van der Waals surface area contributed by atoms with E-state index in [1.165, 1.54) is 78.8 Å². The molecule has 0 bridgehead atoms. The minimum Gasteiger partial charge on any atom is -0.310 e. The number of rotatable bonds is 7. The summed E-state index contributed by atoms with van der Waals surface area (Å²) in [6, 6.07) is 72.2. The molecule has 338 valence electrons. The van der Waals surface area contributed by atoms with E-state index in [0.29, 0.717) is 17.6 Å². The van der Waals surface area contributed by atoms with Gasteiger partial charge in [-0.25, -0.2) is 4.98 Å². The van der Waals surface area contributed by atoms with Crippen molar-refractivity contribution < 1.29 is 0 Å². The zero-order chi connectivity index (χ0) is 47.1. The Morgan fingerprint density at radius 3 is 1.61 bits per heavy atom. The Hall–Kier alpha value is -8.15. The summed E-state index contributed by atoms with van der Waals surface area (Å²) in [6.45, 7) is 9.60. The molecule has 3 aliphatic rings. The molecule has 2 atom stereocenters. The minimum absolute atomic E-state index is 0.0819. The summed E-state index contributed by atoms with van der Waals surface area (Å²) in [5.41, 5.74) is 17.2. The number of fused-ring (bicyclic) bond motifs is 7. The number of para-hydroxylation sites is 2. The normalized spacial score (nSPS) is 17.2. The lowest BCUT2D eigenvalue weighted by molar-refractivity contribution is 0.332. The number of nitrogens with zero attached hydrogens (tertiary/aromatic N) is 5. The third kappa shape index (κ3) is 7.02. The van der Waals surface area contributed by atoms with Crippen LogP contribution in [0.3, 0.4) is 0 Å². The second-order valence-electron chi connectivity index (χ2n) is 20.7. The molecule has 2 aliphatic carbocycles. The fourth-order valence-corrected chi connectivity index (χ4v) is 11.5. The highest BCUT2D eigenvalue weighted by Gasteiger charge is 2.41. The van der Waals surface area contributed by atoms with Crippen molar-refractivity contribution in [3.8, 4) is 61.8 Å². The number of benzene rings is 8. The average Bonchev–Trinajstić information content (AvgIpc) is 3.91. The predicted molar refractivity (Wildman–Crippen MR) is 289 cm³/mol. The first-order chi connectivity index (χ1) is 34.2. The number of hydrogen-bond acceptors (Lipinski definition) is 4. The van der Waals surface area contributed by atoms with Crippen LogP contribution in [0.15, 0.2) is 200 Å². The van der Waals surface area contributed by atoms with Gasteiger partial charge in [-0.1, -0.05) is 210 Å². The van der Waals surface area contributed by atoms with E-state index in [4.69, 9.17) is 15.0 Å². The van der Waals surface area contributed by atoms with Gasteiger partial charge in [0.15, 0.2) is 11.6 Å². The summed E-state index contributed by atoms with van der Waals surface area (Å²) < 4.78 is 2.44. The number of hydrogen-bond donors (Lipinski definition) is 0. The first-order valence-electron chi connectivity index (χ1n) is 24.7. The maximum absolute atomic E-state index is 5.33. The van der Waals surface area contributed by atoms with Crippen LogP contribution in [0, 0.1) is 0 Å². The van der Waals surface area contributed by atoms with Crippen LogP contribution in [0.25, 0.3) is 84.9 Å². The van der Waals surface area contributed by atoms with Crippen LogP contribution >= 0.6 is 0 Å². The van der Waals surface area contributed by atoms with Gasteiger partial charge in [0.05, 0.1) is 16.9 Å². The lowest BCUT2D eigenvalue weighted by Gasteiger charge is -2.42. The molecule has 0 N–H and O–H groups in total. The molecular weight excluding hydrogens is 851 g/mol. The zero-order valence-electron chi connectivity index (χ0n) is 40.0. The topological polar surface area (TPSA) is 46.8 Å². The summed E-state index contributed by atoms with van der Waals surface area (Å²) in [5, 5.41) is 3.66. The Morgan fingerprint density at radius 2 is 0.943 bits per heavy atom. The molecule has 8 aromatic carbocycles. The smallest absolute Gasteiger partial charge is 0.234 e. The van der Waals surface area contributed by atoms with Gasteiger partial charge in [0.2, 0.25) is 5.95 Å². The Labute approximate surface area is 409 Å². The van der Waals surface area contributed by atoms with Crippen LogP contribution in [0.5, 0.6) is 0 Å². The maximum Gasteiger partial charge on any atom is 0.234 e. The largest absolute Gasteiger partial charge is 0.310 e. The van der Waals surface area contributed by atoms with E-state index in [1.807, 2.05) is 24.3 Å². The van der Waals surface area contributed by atoms with E-state index >= 15 is 0 Å². The zero-order valence-corrected chi connectivity index (χ0v) is 40.0. The highest BCUT2D eigenvalue weighted by molar-refractivity contribution is 5.88. The molecule has 0 saturated heterocycles. The summed E-state index contributed by atoms with van der Waals surface area (Å²) in [4.78, 5) is 18.1. The van der Waals surface area contributed by atoms with Gasteiger partial charge in [-0.05, 0) is 104 Å². The van der Waals surface area contributed by atoms with Gasteiger partial charge in [-0.15, -0.1) is 0 Å². The van der Waals surface area contributed by atoms with Crippen molar-refractivity contribution in [1.82, 2.24) is 19.5 Å². The SMILES string of the molecule is CC1(C)CCC(C)(C)c2cc(-c3ccc(-c4ccc(-n5c6c(c7ccccc75)=CC5c7ccccc7N(c7nc(-c8ccccc8)nc(-c8ccc(-c9ccccc9)cc8)n7)C5C=6)cc4)cc3)ccc21. The van der Waals surface area contributed by atoms with Crippen LogP contribution in [0.4, 0.5) is 11.6 Å². The fraction of sp³-hybridized carbons (Fsp3) is 0.154. The van der Waals surface area contributed by atoms with Gasteiger partial charge < -0.3 is 9.47 Å². The summed E-state index contributed by atoms with van der Waals surface area (Å²) >= 11 is 0. The van der Waals surface area contributed by atoms with Gasteiger partial charge in [-0.3, -0.25) is 0 Å². The number of aromatic nitrogens is 4. The monoisotopic (exact) mass is 903 g/mol. The highest BCUT2D eigenvalue weighted by Crippen LogP contribution is 2.48. The Balaban J connectivity index is 0.886. The molecule has 0 radical (unpaired) electrons. The standard InChI is InChI=1S/C65H53N5/c1-64(2)37-38-65(3,4)56-39-49(33-36-55(56)64)46-25-23-44(24-26-46)45-31-34-50(35-32-45)69-57-21-13-11-19-51(57)53-40-54-52-20-12-14-22-58(52)70(60(54)41-59(53)69)63-67-61(47-17-9-6-10-18-47)66-62(68-63)48-29-27-43(28-30-48)42-15-7-5-8-16-42/h5-36,39-41,54,60H,37-38H2,1-4H3. The maximum atomic E-state index is 5.33. The van der Waals surface area contributed by atoms with Gasteiger partial charge in [0, 0.05) is 39.0 Å². The van der Waals surface area contributed by atoms with Crippen LogP contribution in [-0.2, 0) is 10.8 Å². The van der Waals surface area contributed by atoms with Crippen molar-refractivity contribution in [3.63, 3.8) is 0 Å². The predicted octanol–water partition coefficient (Wildman–Crippen LogP) is 14.4. The molecule has 0 spiro atoms. The van der Waals surface area contributed by atoms with E-state index < -0.39 is 0 Å². The molecular formula is C65H53N5. The van der Waals surface area contributed by atoms with Crippen LogP contribution in [-0.4, -0.2) is 25.6 Å². The first kappa shape index (κ1) is 42.0. The summed E-state index contributed by atoms with van der Waals surface area (Å²) in [7, 11) is 0. The van der Waals surface area contributed by atoms with Gasteiger partial charge >= 0.3 is 0 Å². The van der Waals surface area contributed by atoms with Crippen LogP contribution in [0.1, 0.15) is 63.1 Å². The van der Waals surface area contributed by atoms with Crippen LogP contribution < -0.4 is 15.5 Å². The second-order valence-corrected chi connectivity index (χ2v) is 20.7. The second kappa shape index (κ2) is 16.2. The molecule has 0 fully saturated rings. The van der Waals surface area contributed by atoms with Crippen LogP contribution in [0.2, 0.25) is 0 Å². The third-order valence-corrected chi connectivity index (χ3v) is 15.5. The average molecular weight is 904 g/mol. The first-order valence-corrected chi connectivity index (χ1v) is 24.7. The van der Waals surface area contributed by atoms with Crippen molar-refractivity contribution >= 4 is 34.7 Å². The Kier molecular flexibility index (Phi) is 9.74. The van der Waals surface area contributed by atoms with E-state index in [1.54, 1.807) is 0 Å². The molecule has 70 heavy (non-hydrogen) atoms. The van der Waals surface area contributed by atoms with E-state index in [2.05, 4.69) is 225 Å². The molecule has 3 heterocycles. The molecule has 10 aromatic rings. The lowest BCUT2D eigenvalue weighted by Crippen LogP contribution is -2.40. The molecule has 0 saturated carbocycles. The molecule has 2 unspecified atom stereocenters. The minimum atomic E-state index is -0.0854. The van der Waals surface area contributed by atoms with Crippen molar-refractivity contribution in [3.05, 3.63) is 227 Å². The Bertz CT molecular complexity index is 3760. The summed E-state index contributed by atoms with van der Waals surface area (Å²) in [6.07, 6.45) is 7.37. The fourth-order valence-electron chi connectivity index (χ4n) is 11.5. The van der Waals surface area contributed by atoms with Gasteiger partial charge in [0.1, 0.15) is 0 Å². The quantitative estimate of drug-likeness (QED) is 0.160. The van der Waals surface area contributed by atoms with Crippen molar-refractivity contribution in [2.24, 2.45) is 0 Å². The molecule has 1 aliphatic heterocycles.